The van der Waals surface area contributed by atoms with Gasteiger partial charge in [0.1, 0.15) is 5.83 Å². The van der Waals surface area contributed by atoms with Crippen LogP contribution in [0.25, 0.3) is 0 Å². The SMILES string of the molecule is CCN1CC=CC=C(F)C1. The lowest BCUT2D eigenvalue weighted by molar-refractivity contribution is 0.323. The van der Waals surface area contributed by atoms with Gasteiger partial charge in [0.25, 0.3) is 0 Å². The molecule has 0 amide bonds. The zero-order valence-corrected chi connectivity index (χ0v) is 6.18. The number of rotatable bonds is 1. The Balaban J connectivity index is 2.53. The van der Waals surface area contributed by atoms with E-state index in [9.17, 15) is 4.39 Å². The number of allylic oxidation sites excluding steroid dienone is 2. The van der Waals surface area contributed by atoms with Gasteiger partial charge in [0.2, 0.25) is 0 Å². The molecule has 0 aromatic heterocycles. The summed E-state index contributed by atoms with van der Waals surface area (Å²) in [5.74, 6) is -0.0457. The summed E-state index contributed by atoms with van der Waals surface area (Å²) in [6.45, 7) is 4.27. The van der Waals surface area contributed by atoms with Crippen LogP contribution in [0, 0.1) is 0 Å². The molecule has 0 aromatic carbocycles. The Morgan fingerprint density at radius 1 is 1.70 bits per heavy atom. The summed E-state index contributed by atoms with van der Waals surface area (Å²) < 4.78 is 12.6. The zero-order valence-electron chi connectivity index (χ0n) is 6.18. The van der Waals surface area contributed by atoms with Crippen LogP contribution in [0.15, 0.2) is 24.1 Å². The van der Waals surface area contributed by atoms with Crippen molar-refractivity contribution in [2.24, 2.45) is 0 Å². The molecule has 0 spiro atoms. The van der Waals surface area contributed by atoms with Crippen LogP contribution >= 0.6 is 0 Å². The van der Waals surface area contributed by atoms with E-state index in [0.29, 0.717) is 6.54 Å². The number of halogens is 1. The molecule has 1 nitrogen and oxygen atoms in total. The molecule has 1 rings (SSSR count). The first-order valence-corrected chi connectivity index (χ1v) is 3.56. The summed E-state index contributed by atoms with van der Waals surface area (Å²) in [5.41, 5.74) is 0. The number of nitrogens with zero attached hydrogens (tertiary/aromatic N) is 1. The zero-order chi connectivity index (χ0) is 7.40. The van der Waals surface area contributed by atoms with E-state index in [-0.39, 0.29) is 5.83 Å². The highest BCUT2D eigenvalue weighted by Crippen LogP contribution is 2.04. The summed E-state index contributed by atoms with van der Waals surface area (Å²) in [4.78, 5) is 2.04. The molecular formula is C8H12FN. The third kappa shape index (κ3) is 1.95. The van der Waals surface area contributed by atoms with Crippen LogP contribution in [0.5, 0.6) is 0 Å². The highest BCUT2D eigenvalue weighted by Gasteiger charge is 2.04. The van der Waals surface area contributed by atoms with E-state index >= 15 is 0 Å². The van der Waals surface area contributed by atoms with Crippen molar-refractivity contribution >= 4 is 0 Å². The fraction of sp³-hybridized carbons (Fsp3) is 0.500. The standard InChI is InChI=1S/C8H12FN/c1-2-10-6-4-3-5-8(9)7-10/h3-5H,2,6-7H2,1H3. The van der Waals surface area contributed by atoms with Crippen LogP contribution in [0.1, 0.15) is 6.92 Å². The fourth-order valence-electron chi connectivity index (χ4n) is 0.954. The molecule has 0 aromatic rings. The quantitative estimate of drug-likeness (QED) is 0.537. The van der Waals surface area contributed by atoms with E-state index in [1.807, 2.05) is 17.9 Å². The molecule has 0 N–H and O–H groups in total. The molecule has 0 unspecified atom stereocenters. The van der Waals surface area contributed by atoms with Gasteiger partial charge in [-0.15, -0.1) is 0 Å². The summed E-state index contributed by atoms with van der Waals surface area (Å²) in [6, 6.07) is 0. The first-order chi connectivity index (χ1) is 4.83. The molecule has 0 bridgehead atoms. The minimum atomic E-state index is -0.0457. The Kier molecular flexibility index (Phi) is 2.63. The van der Waals surface area contributed by atoms with E-state index in [1.165, 1.54) is 6.08 Å². The van der Waals surface area contributed by atoms with E-state index in [0.717, 1.165) is 13.1 Å². The van der Waals surface area contributed by atoms with E-state index in [4.69, 9.17) is 0 Å². The van der Waals surface area contributed by atoms with E-state index in [1.54, 1.807) is 6.08 Å². The summed E-state index contributed by atoms with van der Waals surface area (Å²) >= 11 is 0. The minimum absolute atomic E-state index is 0.0457. The van der Waals surface area contributed by atoms with Gasteiger partial charge in [0.05, 0.1) is 6.54 Å². The van der Waals surface area contributed by atoms with Gasteiger partial charge in [-0.2, -0.15) is 0 Å². The van der Waals surface area contributed by atoms with E-state index < -0.39 is 0 Å². The van der Waals surface area contributed by atoms with Crippen molar-refractivity contribution in [2.75, 3.05) is 19.6 Å². The monoisotopic (exact) mass is 141 g/mol. The van der Waals surface area contributed by atoms with Crippen molar-refractivity contribution in [2.45, 2.75) is 6.92 Å². The number of likely N-dealkylation sites (N-methyl/N-ethyl adjacent to an activating group) is 1. The maximum atomic E-state index is 12.6. The molecule has 0 radical (unpaired) electrons. The van der Waals surface area contributed by atoms with Crippen LogP contribution in [-0.2, 0) is 0 Å². The maximum absolute atomic E-state index is 12.6. The summed E-state index contributed by atoms with van der Waals surface area (Å²) in [6.07, 6.45) is 5.26. The molecule has 1 aliphatic heterocycles. The van der Waals surface area contributed by atoms with Gasteiger partial charge in [-0.1, -0.05) is 19.1 Å². The van der Waals surface area contributed by atoms with Crippen LogP contribution in [0.4, 0.5) is 4.39 Å². The molecule has 56 valence electrons. The van der Waals surface area contributed by atoms with Gasteiger partial charge >= 0.3 is 0 Å². The minimum Gasteiger partial charge on any atom is -0.293 e. The molecule has 0 saturated carbocycles. The number of hydrogen-bond donors (Lipinski definition) is 0. The first kappa shape index (κ1) is 7.48. The molecule has 0 aliphatic carbocycles. The topological polar surface area (TPSA) is 3.24 Å². The fourth-order valence-corrected chi connectivity index (χ4v) is 0.954. The van der Waals surface area contributed by atoms with Gasteiger partial charge in [0, 0.05) is 6.54 Å². The molecule has 0 saturated heterocycles. The predicted molar refractivity (Wildman–Crippen MR) is 40.4 cm³/mol. The smallest absolute Gasteiger partial charge is 0.114 e. The Labute approximate surface area is 60.8 Å². The highest BCUT2D eigenvalue weighted by atomic mass is 19.1. The van der Waals surface area contributed by atoms with Crippen LogP contribution < -0.4 is 0 Å². The molecule has 1 aliphatic rings. The van der Waals surface area contributed by atoms with Gasteiger partial charge in [-0.05, 0) is 12.6 Å². The summed E-state index contributed by atoms with van der Waals surface area (Å²) in [7, 11) is 0. The lowest BCUT2D eigenvalue weighted by atomic mass is 10.4. The Bertz CT molecular complexity index is 161. The maximum Gasteiger partial charge on any atom is 0.114 e. The Morgan fingerprint density at radius 2 is 2.50 bits per heavy atom. The average Bonchev–Trinajstić information content (AvgIpc) is 2.13. The van der Waals surface area contributed by atoms with Crippen molar-refractivity contribution in [3.05, 3.63) is 24.1 Å². The van der Waals surface area contributed by atoms with Gasteiger partial charge in [-0.25, -0.2) is 4.39 Å². The molecule has 0 fully saturated rings. The molecule has 2 heteroatoms. The van der Waals surface area contributed by atoms with Gasteiger partial charge in [0.15, 0.2) is 0 Å². The average molecular weight is 141 g/mol. The van der Waals surface area contributed by atoms with Crippen molar-refractivity contribution in [3.63, 3.8) is 0 Å². The number of hydrogen-bond acceptors (Lipinski definition) is 1. The molecule has 1 heterocycles. The second kappa shape index (κ2) is 3.52. The molecular weight excluding hydrogens is 129 g/mol. The van der Waals surface area contributed by atoms with Crippen molar-refractivity contribution in [3.8, 4) is 0 Å². The summed E-state index contributed by atoms with van der Waals surface area (Å²) in [5, 5.41) is 0. The van der Waals surface area contributed by atoms with Crippen LogP contribution in [0.2, 0.25) is 0 Å². The predicted octanol–water partition coefficient (Wildman–Crippen LogP) is 1.73. The normalized spacial score (nSPS) is 20.4. The van der Waals surface area contributed by atoms with Crippen molar-refractivity contribution in [1.82, 2.24) is 4.90 Å². The lowest BCUT2D eigenvalue weighted by Gasteiger charge is -2.14. The van der Waals surface area contributed by atoms with Crippen LogP contribution in [-0.4, -0.2) is 24.5 Å². The van der Waals surface area contributed by atoms with E-state index in [2.05, 4.69) is 0 Å². The van der Waals surface area contributed by atoms with Crippen molar-refractivity contribution < 1.29 is 4.39 Å². The molecule has 10 heavy (non-hydrogen) atoms. The van der Waals surface area contributed by atoms with Gasteiger partial charge in [-0.3, -0.25) is 4.90 Å². The third-order valence-electron chi connectivity index (χ3n) is 1.60. The first-order valence-electron chi connectivity index (χ1n) is 3.56. The lowest BCUT2D eigenvalue weighted by Crippen LogP contribution is -2.24. The van der Waals surface area contributed by atoms with Gasteiger partial charge < -0.3 is 0 Å². The van der Waals surface area contributed by atoms with Crippen molar-refractivity contribution in [1.29, 1.82) is 0 Å². The molecule has 0 atom stereocenters. The Hall–Kier alpha value is -0.630. The highest BCUT2D eigenvalue weighted by molar-refractivity contribution is 5.11. The van der Waals surface area contributed by atoms with Crippen LogP contribution in [0.3, 0.4) is 0 Å². The second-order valence-corrected chi connectivity index (χ2v) is 2.37. The second-order valence-electron chi connectivity index (χ2n) is 2.37. The largest absolute Gasteiger partial charge is 0.293 e. The third-order valence-corrected chi connectivity index (χ3v) is 1.60. The Morgan fingerprint density at radius 3 is 3.20 bits per heavy atom.